The molecule has 4 aliphatic carbocycles. The van der Waals surface area contributed by atoms with Crippen molar-refractivity contribution >= 4 is 28.8 Å². The lowest BCUT2D eigenvalue weighted by Gasteiger charge is -2.61. The Labute approximate surface area is 174 Å². The second-order valence-electron chi connectivity index (χ2n) is 9.58. The van der Waals surface area contributed by atoms with Crippen LogP contribution in [0.15, 0.2) is 24.3 Å². The molecule has 6 rings (SSSR count). The number of amides is 3. The largest absolute Gasteiger partial charge is 0.351 e. The quantitative estimate of drug-likeness (QED) is 0.576. The summed E-state index contributed by atoms with van der Waals surface area (Å²) >= 11 is 0. The number of imidazole rings is 1. The van der Waals surface area contributed by atoms with Crippen molar-refractivity contribution in [3.63, 3.8) is 0 Å². The van der Waals surface area contributed by atoms with Crippen LogP contribution in [0.3, 0.4) is 0 Å². The first-order valence-electron chi connectivity index (χ1n) is 10.7. The van der Waals surface area contributed by atoms with Gasteiger partial charge < -0.3 is 10.3 Å². The Morgan fingerprint density at radius 1 is 1.10 bits per heavy atom. The number of fused-ring (bicyclic) bond motifs is 1. The number of hydrogen-bond donors (Lipinski definition) is 4. The molecule has 4 aliphatic rings. The van der Waals surface area contributed by atoms with Gasteiger partial charge in [0, 0.05) is 12.5 Å². The maximum absolute atomic E-state index is 13.2. The second kappa shape index (κ2) is 6.82. The topological polar surface area (TPSA) is 116 Å². The minimum Gasteiger partial charge on any atom is -0.351 e. The average Bonchev–Trinajstić information content (AvgIpc) is 3.06. The van der Waals surface area contributed by atoms with Crippen molar-refractivity contribution in [3.8, 4) is 0 Å². The molecule has 3 amide bonds. The number of nitrogens with one attached hydrogen (secondary N) is 4. The molecule has 4 atom stereocenters. The van der Waals surface area contributed by atoms with Gasteiger partial charge in [-0.05, 0) is 62.5 Å². The first-order chi connectivity index (χ1) is 14.3. The lowest BCUT2D eigenvalue weighted by Crippen LogP contribution is -2.66. The maximum atomic E-state index is 13.2. The molecule has 0 aliphatic heterocycles. The summed E-state index contributed by atoms with van der Waals surface area (Å²) in [6.45, 7) is 1.55. The van der Waals surface area contributed by atoms with E-state index < -0.39 is 5.41 Å². The van der Waals surface area contributed by atoms with E-state index in [-0.39, 0.29) is 29.7 Å². The highest BCUT2D eigenvalue weighted by atomic mass is 16.2. The summed E-state index contributed by atoms with van der Waals surface area (Å²) in [6, 6.07) is 7.59. The Bertz CT molecular complexity index is 982. The summed E-state index contributed by atoms with van der Waals surface area (Å²) in [5.41, 5.74) is 6.13. The normalized spacial score (nSPS) is 31.5. The van der Waals surface area contributed by atoms with Crippen molar-refractivity contribution in [1.82, 2.24) is 26.1 Å². The van der Waals surface area contributed by atoms with Crippen LogP contribution in [0.5, 0.6) is 0 Å². The molecular weight excluding hydrogens is 382 g/mol. The molecule has 0 spiro atoms. The van der Waals surface area contributed by atoms with Gasteiger partial charge >= 0.3 is 0 Å². The first kappa shape index (κ1) is 19.1. The van der Waals surface area contributed by atoms with Crippen LogP contribution in [-0.2, 0) is 20.8 Å². The molecule has 1 heterocycles. The predicted octanol–water partition coefficient (Wildman–Crippen LogP) is 1.73. The molecule has 4 N–H and O–H groups in total. The summed E-state index contributed by atoms with van der Waals surface area (Å²) < 4.78 is 0. The summed E-state index contributed by atoms with van der Waals surface area (Å²) in [5, 5.41) is 3.16. The van der Waals surface area contributed by atoms with Crippen molar-refractivity contribution in [2.75, 3.05) is 0 Å². The fourth-order valence-electron chi connectivity index (χ4n) is 6.59. The van der Waals surface area contributed by atoms with Gasteiger partial charge in [0.15, 0.2) is 0 Å². The number of aromatic nitrogens is 2. The third-order valence-corrected chi connectivity index (χ3v) is 7.07. The number of rotatable bonds is 4. The lowest BCUT2D eigenvalue weighted by molar-refractivity contribution is -0.154. The van der Waals surface area contributed by atoms with Gasteiger partial charge in [0.1, 0.15) is 5.82 Å². The zero-order chi connectivity index (χ0) is 20.9. The fourth-order valence-corrected chi connectivity index (χ4v) is 6.59. The molecule has 8 heteroatoms. The number of hydrazine groups is 1. The molecule has 2 aromatic rings. The molecule has 30 heavy (non-hydrogen) atoms. The van der Waals surface area contributed by atoms with Gasteiger partial charge in [0.2, 0.25) is 17.7 Å². The molecular formula is C22H27N5O3. The molecule has 4 fully saturated rings. The predicted molar refractivity (Wildman–Crippen MR) is 110 cm³/mol. The molecule has 0 saturated heterocycles. The van der Waals surface area contributed by atoms with Gasteiger partial charge in [0.25, 0.3) is 0 Å². The Morgan fingerprint density at radius 2 is 1.83 bits per heavy atom. The molecule has 1 aromatic carbocycles. The third kappa shape index (κ3) is 3.34. The standard InChI is InChI=1S/C22H27N5O3/c1-13(28)25-22-10-14-6-15(11-22)9-21(8-14,12-22)20(30)27-26-19(29)7-18-23-16-4-2-3-5-17(16)24-18/h2-5,14-15H,6-12H2,1H3,(H,23,24)(H,25,28)(H,26,29)(H,27,30)/t14-,15+,21?,22?. The Hall–Kier alpha value is -2.90. The second-order valence-corrected chi connectivity index (χ2v) is 9.58. The minimum atomic E-state index is -0.515. The Balaban J connectivity index is 1.24. The van der Waals surface area contributed by atoms with Gasteiger partial charge in [0.05, 0.1) is 22.9 Å². The van der Waals surface area contributed by atoms with Crippen LogP contribution in [0.25, 0.3) is 11.0 Å². The van der Waals surface area contributed by atoms with Crippen LogP contribution in [0, 0.1) is 17.3 Å². The number of aromatic amines is 1. The van der Waals surface area contributed by atoms with E-state index in [0.29, 0.717) is 24.1 Å². The van der Waals surface area contributed by atoms with Crippen molar-refractivity contribution in [2.45, 2.75) is 57.4 Å². The maximum Gasteiger partial charge on any atom is 0.245 e. The average molecular weight is 409 g/mol. The number of para-hydroxylation sites is 2. The van der Waals surface area contributed by atoms with E-state index in [0.717, 1.165) is 43.1 Å². The SMILES string of the molecule is CC(=O)NC12C[C@H]3C[C@@H](C1)CC(C(=O)NNC(=O)Cc1nc4ccccc4[nH]1)(C3)C2. The number of carbonyl (C=O) groups excluding carboxylic acids is 3. The van der Waals surface area contributed by atoms with Crippen LogP contribution in [0.2, 0.25) is 0 Å². The van der Waals surface area contributed by atoms with Crippen LogP contribution in [0.4, 0.5) is 0 Å². The zero-order valence-corrected chi connectivity index (χ0v) is 17.1. The van der Waals surface area contributed by atoms with Crippen molar-refractivity contribution in [1.29, 1.82) is 0 Å². The molecule has 2 unspecified atom stereocenters. The highest BCUT2D eigenvalue weighted by molar-refractivity contribution is 5.87. The molecule has 0 radical (unpaired) electrons. The number of hydrogen-bond acceptors (Lipinski definition) is 4. The van der Waals surface area contributed by atoms with E-state index in [1.807, 2.05) is 24.3 Å². The molecule has 8 nitrogen and oxygen atoms in total. The zero-order valence-electron chi connectivity index (χ0n) is 17.1. The summed E-state index contributed by atoms with van der Waals surface area (Å²) in [5.74, 6) is 0.979. The summed E-state index contributed by atoms with van der Waals surface area (Å²) in [4.78, 5) is 44.8. The van der Waals surface area contributed by atoms with Gasteiger partial charge in [-0.1, -0.05) is 12.1 Å². The number of carbonyl (C=O) groups is 3. The van der Waals surface area contributed by atoms with Crippen molar-refractivity contribution in [2.24, 2.45) is 17.3 Å². The Morgan fingerprint density at radius 3 is 2.53 bits per heavy atom. The van der Waals surface area contributed by atoms with E-state index >= 15 is 0 Å². The van der Waals surface area contributed by atoms with Gasteiger partial charge in [-0.25, -0.2) is 4.98 Å². The summed E-state index contributed by atoms with van der Waals surface area (Å²) in [7, 11) is 0. The van der Waals surface area contributed by atoms with E-state index in [9.17, 15) is 14.4 Å². The smallest absolute Gasteiger partial charge is 0.245 e. The van der Waals surface area contributed by atoms with Crippen molar-refractivity contribution < 1.29 is 14.4 Å². The van der Waals surface area contributed by atoms with E-state index in [4.69, 9.17) is 0 Å². The molecule has 4 bridgehead atoms. The van der Waals surface area contributed by atoms with Gasteiger partial charge in [-0.3, -0.25) is 25.2 Å². The van der Waals surface area contributed by atoms with E-state index in [1.165, 1.54) is 0 Å². The highest BCUT2D eigenvalue weighted by Crippen LogP contribution is 2.61. The van der Waals surface area contributed by atoms with Gasteiger partial charge in [-0.2, -0.15) is 0 Å². The highest BCUT2D eigenvalue weighted by Gasteiger charge is 2.60. The van der Waals surface area contributed by atoms with E-state index in [1.54, 1.807) is 6.92 Å². The molecule has 4 saturated carbocycles. The number of nitrogens with zero attached hydrogens (tertiary/aromatic N) is 1. The van der Waals surface area contributed by atoms with Crippen LogP contribution >= 0.6 is 0 Å². The number of benzene rings is 1. The monoisotopic (exact) mass is 409 g/mol. The van der Waals surface area contributed by atoms with E-state index in [2.05, 4.69) is 26.1 Å². The van der Waals surface area contributed by atoms with Crippen molar-refractivity contribution in [3.05, 3.63) is 30.1 Å². The third-order valence-electron chi connectivity index (χ3n) is 7.07. The lowest BCUT2D eigenvalue weighted by atomic mass is 9.46. The van der Waals surface area contributed by atoms with Crippen LogP contribution in [0.1, 0.15) is 51.3 Å². The minimum absolute atomic E-state index is 0.0355. The van der Waals surface area contributed by atoms with Crippen LogP contribution < -0.4 is 16.2 Å². The molecule has 158 valence electrons. The van der Waals surface area contributed by atoms with Crippen LogP contribution in [-0.4, -0.2) is 33.2 Å². The van der Waals surface area contributed by atoms with Gasteiger partial charge in [-0.15, -0.1) is 0 Å². The fraction of sp³-hybridized carbons (Fsp3) is 0.545. The first-order valence-corrected chi connectivity index (χ1v) is 10.7. The Kier molecular flexibility index (Phi) is 4.34. The number of H-pyrrole nitrogens is 1. The summed E-state index contributed by atoms with van der Waals surface area (Å²) in [6.07, 6.45) is 5.41. The molecule has 1 aromatic heterocycles.